The minimum absolute atomic E-state index is 0.110. The second kappa shape index (κ2) is 8.59. The van der Waals surface area contributed by atoms with Gasteiger partial charge in [0.2, 0.25) is 0 Å². The monoisotopic (exact) mass is 437 g/mol. The van der Waals surface area contributed by atoms with Gasteiger partial charge in [-0.2, -0.15) is 0 Å². The Bertz CT molecular complexity index is 1580. The molecule has 4 aromatic carbocycles. The normalized spacial score (nSPS) is 11.0. The van der Waals surface area contributed by atoms with Gasteiger partial charge in [0, 0.05) is 22.6 Å². The van der Waals surface area contributed by atoms with Gasteiger partial charge in [0.25, 0.3) is 5.91 Å². The number of hydrogen-bond donors (Lipinski definition) is 1. The number of carbonyl (C=O) groups is 2. The average Bonchev–Trinajstić information content (AvgIpc) is 2.85. The summed E-state index contributed by atoms with van der Waals surface area (Å²) in [6.45, 7) is -0.396. The van der Waals surface area contributed by atoms with Gasteiger partial charge in [0.15, 0.2) is 0 Å². The van der Waals surface area contributed by atoms with Crippen molar-refractivity contribution in [2.45, 2.75) is 6.61 Å². The van der Waals surface area contributed by atoms with Crippen molar-refractivity contribution in [1.82, 2.24) is 5.32 Å². The molecule has 0 bridgehead atoms. The lowest BCUT2D eigenvalue weighted by atomic mass is 10.0. The van der Waals surface area contributed by atoms with Crippen LogP contribution in [0.2, 0.25) is 0 Å². The Balaban J connectivity index is 1.29. The number of fused-ring (bicyclic) bond motifs is 4. The second-order valence-corrected chi connectivity index (χ2v) is 7.66. The Kier molecular flexibility index (Phi) is 5.32. The zero-order valence-corrected chi connectivity index (χ0v) is 17.5. The molecule has 5 aromatic rings. The Morgan fingerprint density at radius 1 is 0.818 bits per heavy atom. The Morgan fingerprint density at radius 3 is 2.39 bits per heavy atom. The van der Waals surface area contributed by atoms with Crippen LogP contribution < -0.4 is 10.9 Å². The summed E-state index contributed by atoms with van der Waals surface area (Å²) < 4.78 is 10.7. The molecular weight excluding hydrogens is 418 g/mol. The molecule has 0 fully saturated rings. The number of carbonyl (C=O) groups excluding carboxylic acids is 2. The summed E-state index contributed by atoms with van der Waals surface area (Å²) in [4.78, 5) is 36.8. The molecule has 0 radical (unpaired) electrons. The van der Waals surface area contributed by atoms with Gasteiger partial charge in [-0.05, 0) is 39.7 Å². The molecule has 33 heavy (non-hydrogen) atoms. The average molecular weight is 437 g/mol. The minimum atomic E-state index is -0.606. The second-order valence-electron chi connectivity index (χ2n) is 7.66. The van der Waals surface area contributed by atoms with Crippen molar-refractivity contribution < 1.29 is 18.7 Å². The number of esters is 1. The van der Waals surface area contributed by atoms with Crippen LogP contribution in [0, 0.1) is 0 Å². The number of nitrogens with one attached hydrogen (secondary N) is 1. The molecule has 1 aromatic heterocycles. The van der Waals surface area contributed by atoms with Gasteiger partial charge >= 0.3 is 11.6 Å². The summed E-state index contributed by atoms with van der Waals surface area (Å²) in [7, 11) is 0. The van der Waals surface area contributed by atoms with Crippen molar-refractivity contribution in [1.29, 1.82) is 0 Å². The van der Waals surface area contributed by atoms with Gasteiger partial charge in [-0.1, -0.05) is 60.7 Å². The van der Waals surface area contributed by atoms with E-state index in [0.29, 0.717) is 16.7 Å². The van der Waals surface area contributed by atoms with Crippen molar-refractivity contribution >= 4 is 44.4 Å². The molecular formula is C27H19NO5. The van der Waals surface area contributed by atoms with Crippen LogP contribution >= 0.6 is 0 Å². The first-order chi connectivity index (χ1) is 16.1. The van der Waals surface area contributed by atoms with Crippen LogP contribution in [0.25, 0.3) is 32.5 Å². The number of rotatable bonds is 5. The topological polar surface area (TPSA) is 85.6 Å². The van der Waals surface area contributed by atoms with E-state index in [1.807, 2.05) is 60.7 Å². The molecule has 1 heterocycles. The van der Waals surface area contributed by atoms with E-state index in [1.165, 1.54) is 6.07 Å². The van der Waals surface area contributed by atoms with Gasteiger partial charge in [-0.15, -0.1) is 0 Å². The molecule has 1 amide bonds. The maximum absolute atomic E-state index is 12.5. The third-order valence-corrected chi connectivity index (χ3v) is 5.51. The van der Waals surface area contributed by atoms with Crippen molar-refractivity contribution in [3.63, 3.8) is 0 Å². The van der Waals surface area contributed by atoms with Crippen molar-refractivity contribution in [3.05, 3.63) is 106 Å². The van der Waals surface area contributed by atoms with E-state index < -0.39 is 11.6 Å². The van der Waals surface area contributed by atoms with Gasteiger partial charge in [0.05, 0.1) is 0 Å². The van der Waals surface area contributed by atoms with Crippen LogP contribution in [0.1, 0.15) is 15.9 Å². The number of amides is 1. The molecule has 0 aliphatic heterocycles. The molecule has 0 saturated heterocycles. The summed E-state index contributed by atoms with van der Waals surface area (Å²) >= 11 is 0. The van der Waals surface area contributed by atoms with Gasteiger partial charge in [-0.3, -0.25) is 9.59 Å². The predicted molar refractivity (Wildman–Crippen MR) is 126 cm³/mol. The quantitative estimate of drug-likeness (QED) is 0.247. The van der Waals surface area contributed by atoms with Crippen LogP contribution in [0.4, 0.5) is 0 Å². The Morgan fingerprint density at radius 2 is 1.55 bits per heavy atom. The number of hydrogen-bond acceptors (Lipinski definition) is 5. The van der Waals surface area contributed by atoms with Crippen LogP contribution in [-0.4, -0.2) is 18.4 Å². The van der Waals surface area contributed by atoms with Gasteiger partial charge < -0.3 is 14.5 Å². The molecule has 5 rings (SSSR count). The maximum atomic E-state index is 12.5. The van der Waals surface area contributed by atoms with E-state index in [4.69, 9.17) is 9.15 Å². The zero-order chi connectivity index (χ0) is 22.8. The molecule has 162 valence electrons. The van der Waals surface area contributed by atoms with Gasteiger partial charge in [-0.25, -0.2) is 4.79 Å². The number of ether oxygens (including phenoxy) is 1. The highest BCUT2D eigenvalue weighted by atomic mass is 16.5. The lowest BCUT2D eigenvalue weighted by Gasteiger charge is -2.10. The van der Waals surface area contributed by atoms with E-state index in [1.54, 1.807) is 18.2 Å². The van der Waals surface area contributed by atoms with E-state index in [2.05, 4.69) is 5.32 Å². The molecule has 0 aliphatic rings. The molecule has 0 atom stereocenters. The summed E-state index contributed by atoms with van der Waals surface area (Å²) in [5.74, 6) is -0.972. The lowest BCUT2D eigenvalue weighted by Crippen LogP contribution is -2.30. The van der Waals surface area contributed by atoms with E-state index in [-0.39, 0.29) is 19.1 Å². The van der Waals surface area contributed by atoms with Crippen LogP contribution in [-0.2, 0) is 16.1 Å². The largest absolute Gasteiger partial charge is 0.459 e. The first-order valence-corrected chi connectivity index (χ1v) is 10.5. The summed E-state index contributed by atoms with van der Waals surface area (Å²) in [5.41, 5.74) is 0.914. The van der Waals surface area contributed by atoms with Crippen molar-refractivity contribution in [2.75, 3.05) is 6.54 Å². The first-order valence-electron chi connectivity index (χ1n) is 10.5. The smallest absolute Gasteiger partial charge is 0.336 e. The zero-order valence-electron chi connectivity index (χ0n) is 17.5. The fourth-order valence-corrected chi connectivity index (χ4v) is 3.93. The lowest BCUT2D eigenvalue weighted by molar-refractivity contribution is -0.143. The fourth-order valence-electron chi connectivity index (χ4n) is 3.93. The molecule has 0 unspecified atom stereocenters. The van der Waals surface area contributed by atoms with E-state index >= 15 is 0 Å². The third-order valence-electron chi connectivity index (χ3n) is 5.51. The molecule has 0 spiro atoms. The standard InChI is InChI=1S/C27H19NO5/c29-24-14-21(26-22-8-4-3-6-18(22)11-12-23(26)33-24)16-32-25(30)15-28-27(31)20-10-9-17-5-1-2-7-19(17)13-20/h1-14H,15-16H2,(H,28,31). The predicted octanol–water partition coefficient (Wildman–Crippen LogP) is 4.57. The Labute approximate surface area is 188 Å². The molecule has 6 heteroatoms. The SMILES string of the molecule is O=C(CNC(=O)c1ccc2ccccc2c1)OCc1cc(=O)oc2ccc3ccccc3c12. The highest BCUT2D eigenvalue weighted by Crippen LogP contribution is 2.27. The van der Waals surface area contributed by atoms with Crippen LogP contribution in [0.5, 0.6) is 0 Å². The minimum Gasteiger partial charge on any atom is -0.459 e. The summed E-state index contributed by atoms with van der Waals surface area (Å²) in [6, 6.07) is 25.7. The van der Waals surface area contributed by atoms with Crippen molar-refractivity contribution in [2.24, 2.45) is 0 Å². The van der Waals surface area contributed by atoms with Gasteiger partial charge in [0.1, 0.15) is 18.7 Å². The molecule has 0 saturated carbocycles. The first kappa shape index (κ1) is 20.5. The highest BCUT2D eigenvalue weighted by molar-refractivity contribution is 6.07. The summed E-state index contributed by atoms with van der Waals surface area (Å²) in [5, 5.41) is 7.15. The highest BCUT2D eigenvalue weighted by Gasteiger charge is 2.13. The van der Waals surface area contributed by atoms with Crippen molar-refractivity contribution in [3.8, 4) is 0 Å². The molecule has 0 aliphatic carbocycles. The van der Waals surface area contributed by atoms with Crippen LogP contribution in [0.3, 0.4) is 0 Å². The van der Waals surface area contributed by atoms with E-state index in [9.17, 15) is 14.4 Å². The number of benzene rings is 4. The Hall–Kier alpha value is -4.45. The molecule has 1 N–H and O–H groups in total. The molecule has 6 nitrogen and oxygen atoms in total. The van der Waals surface area contributed by atoms with E-state index in [0.717, 1.165) is 26.9 Å². The van der Waals surface area contributed by atoms with Crippen LogP contribution in [0.15, 0.2) is 94.1 Å². The summed E-state index contributed by atoms with van der Waals surface area (Å²) in [6.07, 6.45) is 0. The fraction of sp³-hybridized carbons (Fsp3) is 0.0741. The third kappa shape index (κ3) is 4.19. The maximum Gasteiger partial charge on any atom is 0.336 e.